The number of aryl methyl sites for hydroxylation is 1. The maximum absolute atomic E-state index is 10.9. The lowest BCUT2D eigenvalue weighted by molar-refractivity contribution is 0.177. The Kier molecular flexibility index (Phi) is 2.33. The first-order valence-electron chi connectivity index (χ1n) is 4.37. The Morgan fingerprint density at radius 2 is 2.36 bits per heavy atom. The SMILES string of the molecule is Cc1cccc(Cl)c1[C@H]1COC(=O)N1. The summed E-state index contributed by atoms with van der Waals surface area (Å²) < 4.78 is 4.82. The third kappa shape index (κ3) is 1.55. The van der Waals surface area contributed by atoms with E-state index >= 15 is 0 Å². The van der Waals surface area contributed by atoms with Crippen molar-refractivity contribution in [3.8, 4) is 0 Å². The molecular weight excluding hydrogens is 202 g/mol. The van der Waals surface area contributed by atoms with Gasteiger partial charge < -0.3 is 10.1 Å². The highest BCUT2D eigenvalue weighted by atomic mass is 35.5. The maximum Gasteiger partial charge on any atom is 0.407 e. The second kappa shape index (κ2) is 3.50. The van der Waals surface area contributed by atoms with Gasteiger partial charge in [0.05, 0.1) is 6.04 Å². The predicted octanol–water partition coefficient (Wildman–Crippen LogP) is 2.43. The van der Waals surface area contributed by atoms with Crippen LogP contribution < -0.4 is 5.32 Å². The molecule has 4 heteroatoms. The van der Waals surface area contributed by atoms with Gasteiger partial charge in [0.1, 0.15) is 6.61 Å². The standard InChI is InChI=1S/C10H10ClNO2/c1-6-3-2-4-7(11)9(6)8-5-14-10(13)12-8/h2-4,8H,5H2,1H3,(H,12,13)/t8-/m1/s1. The minimum atomic E-state index is -0.380. The number of hydrogen-bond acceptors (Lipinski definition) is 2. The number of cyclic esters (lactones) is 1. The molecule has 1 saturated heterocycles. The predicted molar refractivity (Wildman–Crippen MR) is 53.4 cm³/mol. The molecule has 1 amide bonds. The molecule has 1 aromatic carbocycles. The van der Waals surface area contributed by atoms with Crippen LogP contribution in [-0.4, -0.2) is 12.7 Å². The van der Waals surface area contributed by atoms with Gasteiger partial charge in [-0.25, -0.2) is 4.79 Å². The van der Waals surface area contributed by atoms with Crippen molar-refractivity contribution < 1.29 is 9.53 Å². The summed E-state index contributed by atoms with van der Waals surface area (Å²) in [7, 11) is 0. The molecule has 1 N–H and O–H groups in total. The largest absolute Gasteiger partial charge is 0.447 e. The Morgan fingerprint density at radius 1 is 1.57 bits per heavy atom. The number of carbonyl (C=O) groups excluding carboxylic acids is 1. The summed E-state index contributed by atoms with van der Waals surface area (Å²) >= 11 is 6.05. The van der Waals surface area contributed by atoms with Gasteiger partial charge in [-0.3, -0.25) is 0 Å². The smallest absolute Gasteiger partial charge is 0.407 e. The van der Waals surface area contributed by atoms with E-state index in [1.807, 2.05) is 25.1 Å². The second-order valence-corrected chi connectivity index (χ2v) is 3.67. The molecule has 0 unspecified atom stereocenters. The van der Waals surface area contributed by atoms with E-state index in [9.17, 15) is 4.79 Å². The molecule has 0 aromatic heterocycles. The number of hydrogen-bond donors (Lipinski definition) is 1. The van der Waals surface area contributed by atoms with Crippen LogP contribution in [0.1, 0.15) is 17.2 Å². The van der Waals surface area contributed by atoms with Gasteiger partial charge in [0.2, 0.25) is 0 Å². The van der Waals surface area contributed by atoms with Crippen LogP contribution in [-0.2, 0) is 4.74 Å². The van der Waals surface area contributed by atoms with E-state index in [2.05, 4.69) is 5.32 Å². The number of halogens is 1. The minimum Gasteiger partial charge on any atom is -0.447 e. The molecule has 1 aliphatic heterocycles. The van der Waals surface area contributed by atoms with Crippen molar-refractivity contribution in [2.45, 2.75) is 13.0 Å². The normalized spacial score (nSPS) is 20.4. The molecule has 0 spiro atoms. The summed E-state index contributed by atoms with van der Waals surface area (Å²) in [6, 6.07) is 5.55. The number of nitrogens with one attached hydrogen (secondary N) is 1. The molecular formula is C10H10ClNO2. The van der Waals surface area contributed by atoms with E-state index in [1.165, 1.54) is 0 Å². The van der Waals surface area contributed by atoms with Crippen LogP contribution in [0.4, 0.5) is 4.79 Å². The van der Waals surface area contributed by atoms with Crippen molar-refractivity contribution in [3.63, 3.8) is 0 Å². The first-order chi connectivity index (χ1) is 6.68. The van der Waals surface area contributed by atoms with Gasteiger partial charge in [0, 0.05) is 5.02 Å². The van der Waals surface area contributed by atoms with Gasteiger partial charge in [0.15, 0.2) is 0 Å². The highest BCUT2D eigenvalue weighted by molar-refractivity contribution is 6.31. The van der Waals surface area contributed by atoms with E-state index in [0.717, 1.165) is 11.1 Å². The van der Waals surface area contributed by atoms with Crippen molar-refractivity contribution in [1.82, 2.24) is 5.32 Å². The van der Waals surface area contributed by atoms with E-state index in [-0.39, 0.29) is 12.1 Å². The van der Waals surface area contributed by atoms with E-state index in [4.69, 9.17) is 16.3 Å². The molecule has 74 valence electrons. The second-order valence-electron chi connectivity index (χ2n) is 3.27. The molecule has 1 fully saturated rings. The minimum absolute atomic E-state index is 0.115. The molecule has 0 aliphatic carbocycles. The lowest BCUT2D eigenvalue weighted by Crippen LogP contribution is -2.19. The summed E-state index contributed by atoms with van der Waals surface area (Å²) in [5, 5.41) is 3.37. The van der Waals surface area contributed by atoms with Gasteiger partial charge in [-0.15, -0.1) is 0 Å². The Balaban J connectivity index is 2.36. The molecule has 2 rings (SSSR count). The number of ether oxygens (including phenoxy) is 1. The summed E-state index contributed by atoms with van der Waals surface area (Å²) in [6.45, 7) is 2.31. The molecule has 3 nitrogen and oxygen atoms in total. The number of benzene rings is 1. The fraction of sp³-hybridized carbons (Fsp3) is 0.300. The molecule has 14 heavy (non-hydrogen) atoms. The van der Waals surface area contributed by atoms with Crippen molar-refractivity contribution in [2.75, 3.05) is 6.61 Å². The zero-order valence-corrected chi connectivity index (χ0v) is 8.47. The topological polar surface area (TPSA) is 38.3 Å². The zero-order valence-electron chi connectivity index (χ0n) is 7.71. The van der Waals surface area contributed by atoms with Gasteiger partial charge in [-0.1, -0.05) is 23.7 Å². The third-order valence-corrected chi connectivity index (χ3v) is 2.62. The monoisotopic (exact) mass is 211 g/mol. The Labute approximate surface area is 87.0 Å². The van der Waals surface area contributed by atoms with Crippen LogP contribution in [0.25, 0.3) is 0 Å². The Bertz CT molecular complexity index is 358. The summed E-state index contributed by atoms with van der Waals surface area (Å²) in [5.74, 6) is 0. The number of carbonyl (C=O) groups is 1. The van der Waals surface area contributed by atoms with Crippen molar-refractivity contribution >= 4 is 17.7 Å². The van der Waals surface area contributed by atoms with Crippen LogP contribution >= 0.6 is 11.6 Å². The quantitative estimate of drug-likeness (QED) is 0.775. The molecule has 1 atom stereocenters. The van der Waals surface area contributed by atoms with E-state index < -0.39 is 0 Å². The molecule has 1 aliphatic rings. The average molecular weight is 212 g/mol. The third-order valence-electron chi connectivity index (χ3n) is 2.29. The zero-order chi connectivity index (χ0) is 10.1. The Morgan fingerprint density at radius 3 is 2.93 bits per heavy atom. The lowest BCUT2D eigenvalue weighted by Gasteiger charge is -2.12. The van der Waals surface area contributed by atoms with E-state index in [0.29, 0.717) is 11.6 Å². The molecule has 1 heterocycles. The Hall–Kier alpha value is -1.22. The number of rotatable bonds is 1. The molecule has 0 saturated carbocycles. The fourth-order valence-corrected chi connectivity index (χ4v) is 1.98. The van der Waals surface area contributed by atoms with Crippen LogP contribution in [0.15, 0.2) is 18.2 Å². The van der Waals surface area contributed by atoms with Crippen molar-refractivity contribution in [2.24, 2.45) is 0 Å². The maximum atomic E-state index is 10.9. The fourth-order valence-electron chi connectivity index (χ4n) is 1.63. The number of amides is 1. The lowest BCUT2D eigenvalue weighted by atomic mass is 10.0. The van der Waals surface area contributed by atoms with Crippen LogP contribution in [0.5, 0.6) is 0 Å². The molecule has 1 aromatic rings. The first-order valence-corrected chi connectivity index (χ1v) is 4.74. The summed E-state index contributed by atoms with van der Waals surface area (Å²) in [6.07, 6.45) is -0.380. The van der Waals surface area contributed by atoms with Gasteiger partial charge in [-0.2, -0.15) is 0 Å². The van der Waals surface area contributed by atoms with Crippen LogP contribution in [0.3, 0.4) is 0 Å². The average Bonchev–Trinajstić information content (AvgIpc) is 2.51. The van der Waals surface area contributed by atoms with Gasteiger partial charge in [0.25, 0.3) is 0 Å². The summed E-state index contributed by atoms with van der Waals surface area (Å²) in [5.41, 5.74) is 2.01. The van der Waals surface area contributed by atoms with Gasteiger partial charge >= 0.3 is 6.09 Å². The van der Waals surface area contributed by atoms with Crippen LogP contribution in [0.2, 0.25) is 5.02 Å². The van der Waals surface area contributed by atoms with Crippen molar-refractivity contribution in [1.29, 1.82) is 0 Å². The molecule has 0 bridgehead atoms. The highest BCUT2D eigenvalue weighted by Crippen LogP contribution is 2.28. The highest BCUT2D eigenvalue weighted by Gasteiger charge is 2.26. The van der Waals surface area contributed by atoms with Crippen LogP contribution in [0, 0.1) is 6.92 Å². The first kappa shape index (κ1) is 9.34. The summed E-state index contributed by atoms with van der Waals surface area (Å²) in [4.78, 5) is 10.9. The number of alkyl carbamates (subject to hydrolysis) is 1. The molecule has 0 radical (unpaired) electrons. The van der Waals surface area contributed by atoms with E-state index in [1.54, 1.807) is 0 Å². The van der Waals surface area contributed by atoms with Crippen molar-refractivity contribution in [3.05, 3.63) is 34.3 Å². The van der Waals surface area contributed by atoms with Gasteiger partial charge in [-0.05, 0) is 24.1 Å².